The Labute approximate surface area is 188 Å². The molecule has 0 unspecified atom stereocenters. The lowest BCUT2D eigenvalue weighted by molar-refractivity contribution is -0.118. The lowest BCUT2D eigenvalue weighted by atomic mass is 9.68. The third-order valence-electron chi connectivity index (χ3n) is 5.61. The fourth-order valence-corrected chi connectivity index (χ4v) is 4.52. The fraction of sp³-hybridized carbons (Fsp3) is 0.417. The molecular weight excluding hydrogens is 414 g/mol. The zero-order chi connectivity index (χ0) is 22.8. The van der Waals surface area contributed by atoms with Crippen LogP contribution < -0.4 is 10.5 Å². The lowest BCUT2D eigenvalue weighted by Crippen LogP contribution is -2.43. The third kappa shape index (κ3) is 4.42. The van der Waals surface area contributed by atoms with Gasteiger partial charge < -0.3 is 20.1 Å². The second kappa shape index (κ2) is 9.06. The zero-order valence-electron chi connectivity index (χ0n) is 18.0. The van der Waals surface area contributed by atoms with Crippen LogP contribution in [0.15, 0.2) is 40.9 Å². The molecule has 0 saturated heterocycles. The highest BCUT2D eigenvalue weighted by atomic mass is 35.5. The first-order chi connectivity index (χ1) is 14.7. The lowest BCUT2D eigenvalue weighted by Gasteiger charge is -2.43. The molecule has 1 heterocycles. The molecule has 2 N–H and O–H groups in total. The average Bonchev–Trinajstić information content (AvgIpc) is 2.70. The van der Waals surface area contributed by atoms with Crippen molar-refractivity contribution in [3.05, 3.63) is 51.4 Å². The molecule has 0 bridgehead atoms. The number of nitrogens with zero attached hydrogens (tertiary/aromatic N) is 2. The number of ketones is 1. The quantitative estimate of drug-likeness (QED) is 0.679. The van der Waals surface area contributed by atoms with Gasteiger partial charge in [0.1, 0.15) is 18.2 Å². The van der Waals surface area contributed by atoms with Gasteiger partial charge in [-0.2, -0.15) is 5.26 Å². The molecule has 31 heavy (non-hydrogen) atoms. The monoisotopic (exact) mass is 439 g/mol. The van der Waals surface area contributed by atoms with Crippen LogP contribution in [0.4, 0.5) is 0 Å². The van der Waals surface area contributed by atoms with Gasteiger partial charge in [-0.3, -0.25) is 4.79 Å². The molecule has 0 saturated carbocycles. The van der Waals surface area contributed by atoms with Gasteiger partial charge in [0.05, 0.1) is 29.2 Å². The van der Waals surface area contributed by atoms with E-state index in [0.29, 0.717) is 59.3 Å². The number of halogens is 1. The maximum absolute atomic E-state index is 13.3. The minimum atomic E-state index is -0.582. The maximum Gasteiger partial charge on any atom is 0.162 e. The van der Waals surface area contributed by atoms with E-state index in [2.05, 4.69) is 25.8 Å². The summed E-state index contributed by atoms with van der Waals surface area (Å²) in [5.74, 6) is 2.63. The smallest absolute Gasteiger partial charge is 0.162 e. The van der Waals surface area contributed by atoms with Crippen molar-refractivity contribution in [1.82, 2.24) is 4.90 Å². The van der Waals surface area contributed by atoms with E-state index in [1.165, 1.54) is 0 Å². The molecule has 0 radical (unpaired) electrons. The summed E-state index contributed by atoms with van der Waals surface area (Å²) < 4.78 is 10.7. The van der Waals surface area contributed by atoms with E-state index in [1.54, 1.807) is 25.3 Å². The van der Waals surface area contributed by atoms with Gasteiger partial charge >= 0.3 is 0 Å². The first kappa shape index (κ1) is 22.7. The second-order valence-electron chi connectivity index (χ2n) is 8.47. The molecule has 162 valence electrons. The first-order valence-electron chi connectivity index (χ1n) is 10.0. The van der Waals surface area contributed by atoms with Crippen LogP contribution in [0.25, 0.3) is 0 Å². The predicted molar refractivity (Wildman–Crippen MR) is 119 cm³/mol. The molecule has 1 aromatic rings. The number of methoxy groups -OCH3 is 1. The molecular formula is C24H26ClN3O3. The number of allylic oxidation sites excluding steroid dienone is 3. The van der Waals surface area contributed by atoms with Gasteiger partial charge in [-0.1, -0.05) is 37.4 Å². The molecule has 1 aliphatic carbocycles. The number of nitrogens with two attached hydrogens (primary N) is 1. The van der Waals surface area contributed by atoms with Crippen molar-refractivity contribution < 1.29 is 14.3 Å². The van der Waals surface area contributed by atoms with Crippen LogP contribution in [0.5, 0.6) is 5.75 Å². The highest BCUT2D eigenvalue weighted by molar-refractivity contribution is 6.32. The van der Waals surface area contributed by atoms with Crippen LogP contribution >= 0.6 is 11.6 Å². The van der Waals surface area contributed by atoms with E-state index >= 15 is 0 Å². The Bertz CT molecular complexity index is 1040. The van der Waals surface area contributed by atoms with Gasteiger partial charge in [-0.25, -0.2) is 0 Å². The molecule has 7 heteroatoms. The fourth-order valence-electron chi connectivity index (χ4n) is 4.28. The minimum Gasteiger partial charge on any atom is -0.479 e. The Balaban J connectivity index is 2.16. The van der Waals surface area contributed by atoms with Crippen molar-refractivity contribution in [2.75, 3.05) is 26.9 Å². The van der Waals surface area contributed by atoms with Crippen molar-refractivity contribution >= 4 is 17.4 Å². The Kier molecular flexibility index (Phi) is 6.65. The number of benzene rings is 1. The van der Waals surface area contributed by atoms with E-state index in [0.717, 1.165) is 5.70 Å². The summed E-state index contributed by atoms with van der Waals surface area (Å²) in [6.45, 7) is 5.10. The SMILES string of the molecule is C#CCOc1ccc([C@H]2C(C#N)=C(N)N(CCOC)C3=C2C(=O)CC(C)(C)C3)cc1Cl. The summed E-state index contributed by atoms with van der Waals surface area (Å²) in [6.07, 6.45) is 6.32. The van der Waals surface area contributed by atoms with Gasteiger partial charge in [-0.05, 0) is 29.5 Å². The summed E-state index contributed by atoms with van der Waals surface area (Å²) in [5.41, 5.74) is 8.77. The number of hydrogen-bond donors (Lipinski definition) is 1. The highest BCUT2D eigenvalue weighted by Gasteiger charge is 2.44. The number of nitriles is 1. The van der Waals surface area contributed by atoms with E-state index in [9.17, 15) is 10.1 Å². The molecule has 6 nitrogen and oxygen atoms in total. The van der Waals surface area contributed by atoms with Crippen molar-refractivity contribution in [1.29, 1.82) is 5.26 Å². The normalized spacial score (nSPS) is 20.3. The van der Waals surface area contributed by atoms with Crippen LogP contribution in [-0.4, -0.2) is 37.6 Å². The van der Waals surface area contributed by atoms with Gasteiger partial charge in [0.25, 0.3) is 0 Å². The molecule has 1 aliphatic heterocycles. The summed E-state index contributed by atoms with van der Waals surface area (Å²) >= 11 is 6.41. The van der Waals surface area contributed by atoms with Crippen molar-refractivity contribution in [3.63, 3.8) is 0 Å². The molecule has 2 aliphatic rings. The van der Waals surface area contributed by atoms with E-state index < -0.39 is 5.92 Å². The summed E-state index contributed by atoms with van der Waals surface area (Å²) in [6, 6.07) is 7.45. The predicted octanol–water partition coefficient (Wildman–Crippen LogP) is 3.73. The third-order valence-corrected chi connectivity index (χ3v) is 5.90. The topological polar surface area (TPSA) is 88.6 Å². The van der Waals surface area contributed by atoms with Crippen molar-refractivity contribution in [3.8, 4) is 24.2 Å². The molecule has 1 aromatic carbocycles. The Morgan fingerprint density at radius 3 is 2.74 bits per heavy atom. The van der Waals surface area contributed by atoms with E-state index in [1.807, 2.05) is 4.90 Å². The molecule has 0 fully saturated rings. The van der Waals surface area contributed by atoms with Crippen LogP contribution in [0.1, 0.15) is 38.2 Å². The van der Waals surface area contributed by atoms with Crippen LogP contribution in [0, 0.1) is 29.1 Å². The highest BCUT2D eigenvalue weighted by Crippen LogP contribution is 2.49. The minimum absolute atomic E-state index is 0.0164. The summed E-state index contributed by atoms with van der Waals surface area (Å²) in [4.78, 5) is 15.2. The molecule has 0 aromatic heterocycles. The summed E-state index contributed by atoms with van der Waals surface area (Å²) in [7, 11) is 1.61. The van der Waals surface area contributed by atoms with Crippen LogP contribution in [0.3, 0.4) is 0 Å². The summed E-state index contributed by atoms with van der Waals surface area (Å²) in [5, 5.41) is 10.4. The molecule has 3 rings (SSSR count). The number of ether oxygens (including phenoxy) is 2. The average molecular weight is 440 g/mol. The molecule has 0 amide bonds. The van der Waals surface area contributed by atoms with Gasteiger partial charge in [0.15, 0.2) is 5.78 Å². The second-order valence-corrected chi connectivity index (χ2v) is 8.88. The number of hydrogen-bond acceptors (Lipinski definition) is 6. The van der Waals surface area contributed by atoms with Gasteiger partial charge in [0, 0.05) is 31.3 Å². The van der Waals surface area contributed by atoms with Crippen LogP contribution in [-0.2, 0) is 9.53 Å². The molecule has 0 spiro atoms. The van der Waals surface area contributed by atoms with Crippen LogP contribution in [0.2, 0.25) is 5.02 Å². The number of carbonyl (C=O) groups excluding carboxylic acids is 1. The largest absolute Gasteiger partial charge is 0.479 e. The number of carbonyl (C=O) groups is 1. The van der Waals surface area contributed by atoms with Crippen molar-refractivity contribution in [2.24, 2.45) is 11.1 Å². The number of terminal acetylenes is 1. The molecule has 1 atom stereocenters. The Morgan fingerprint density at radius 1 is 1.39 bits per heavy atom. The number of rotatable bonds is 6. The maximum atomic E-state index is 13.3. The van der Waals surface area contributed by atoms with Gasteiger partial charge in [0.2, 0.25) is 0 Å². The van der Waals surface area contributed by atoms with E-state index in [4.69, 9.17) is 33.2 Å². The zero-order valence-corrected chi connectivity index (χ0v) is 18.8. The van der Waals surface area contributed by atoms with Gasteiger partial charge in [-0.15, -0.1) is 6.42 Å². The first-order valence-corrected chi connectivity index (χ1v) is 10.4. The number of Topliss-reactive ketones (excluding diaryl/α,β-unsaturated/α-hetero) is 1. The Morgan fingerprint density at radius 2 is 2.13 bits per heavy atom. The standard InChI is InChI=1S/C24H26ClN3O3/c1-5-9-31-20-7-6-15(11-17(20)25)21-16(14-26)23(27)28(8-10-30-4)18-12-24(2,3)13-19(29)22(18)21/h1,6-7,11,21H,8-10,12-13,27H2,2-4H3/t21-/m0/s1. The van der Waals surface area contributed by atoms with E-state index in [-0.39, 0.29) is 17.8 Å². The van der Waals surface area contributed by atoms with Crippen molar-refractivity contribution in [2.45, 2.75) is 32.6 Å². The Hall–Kier alpha value is -2.93.